The van der Waals surface area contributed by atoms with Gasteiger partial charge in [0.2, 0.25) is 0 Å². The predicted octanol–water partition coefficient (Wildman–Crippen LogP) is 2.05. The molecule has 0 unspecified atom stereocenters. The molecule has 0 amide bonds. The third-order valence-corrected chi connectivity index (χ3v) is 3.11. The summed E-state index contributed by atoms with van der Waals surface area (Å²) < 4.78 is 6.44. The van der Waals surface area contributed by atoms with Crippen molar-refractivity contribution < 1.29 is 4.74 Å². The first-order valence-electron chi connectivity index (χ1n) is 5.71. The highest BCUT2D eigenvalue weighted by Gasteiger charge is 2.08. The molecule has 1 aromatic carbocycles. The summed E-state index contributed by atoms with van der Waals surface area (Å²) in [5.74, 6) is 0.780. The molecule has 0 aliphatic rings. The zero-order valence-electron chi connectivity index (χ0n) is 10.7. The molecule has 0 saturated heterocycles. The van der Waals surface area contributed by atoms with Gasteiger partial charge in [-0.1, -0.05) is 29.8 Å². The van der Waals surface area contributed by atoms with Crippen LogP contribution >= 0.6 is 11.6 Å². The molecule has 0 aliphatic carbocycles. The van der Waals surface area contributed by atoms with Gasteiger partial charge in [-0.3, -0.25) is 4.79 Å². The van der Waals surface area contributed by atoms with E-state index in [0.717, 1.165) is 11.3 Å². The molecule has 0 saturated carbocycles. The van der Waals surface area contributed by atoms with Gasteiger partial charge in [0, 0.05) is 19.2 Å². The van der Waals surface area contributed by atoms with Crippen LogP contribution in [0.2, 0.25) is 5.02 Å². The van der Waals surface area contributed by atoms with Gasteiger partial charge in [0.05, 0.1) is 19.0 Å². The second-order valence-corrected chi connectivity index (χ2v) is 4.34. The van der Waals surface area contributed by atoms with Crippen molar-refractivity contribution >= 4 is 17.3 Å². The lowest BCUT2D eigenvalue weighted by atomic mass is 10.2. The van der Waals surface area contributed by atoms with Gasteiger partial charge in [-0.25, -0.2) is 4.68 Å². The van der Waals surface area contributed by atoms with E-state index < -0.39 is 0 Å². The maximum Gasteiger partial charge on any atom is 0.287 e. The highest BCUT2D eigenvalue weighted by atomic mass is 35.5. The highest BCUT2D eigenvalue weighted by molar-refractivity contribution is 6.32. The first-order chi connectivity index (χ1) is 9.13. The topological polar surface area (TPSA) is 56.1 Å². The first-order valence-corrected chi connectivity index (χ1v) is 6.09. The Labute approximate surface area is 115 Å². The second kappa shape index (κ2) is 5.75. The average Bonchev–Trinajstić information content (AvgIpc) is 2.44. The molecule has 1 N–H and O–H groups in total. The Morgan fingerprint density at radius 2 is 2.16 bits per heavy atom. The molecule has 1 heterocycles. The van der Waals surface area contributed by atoms with Crippen LogP contribution in [-0.2, 0) is 13.6 Å². The van der Waals surface area contributed by atoms with Crippen molar-refractivity contribution in [1.82, 2.24) is 9.78 Å². The van der Waals surface area contributed by atoms with Gasteiger partial charge < -0.3 is 10.1 Å². The number of hydrogen-bond acceptors (Lipinski definition) is 4. The third-order valence-electron chi connectivity index (χ3n) is 2.74. The van der Waals surface area contributed by atoms with Crippen LogP contribution in [0, 0.1) is 0 Å². The maximum absolute atomic E-state index is 11.6. The van der Waals surface area contributed by atoms with E-state index in [1.165, 1.54) is 10.9 Å². The number of halogens is 1. The largest absolute Gasteiger partial charge is 0.496 e. The molecule has 0 radical (unpaired) electrons. The SMILES string of the molecule is COc1ccccc1CNc1cnn(C)c(=O)c1Cl. The van der Waals surface area contributed by atoms with Gasteiger partial charge in [-0.2, -0.15) is 5.10 Å². The maximum atomic E-state index is 11.6. The van der Waals surface area contributed by atoms with E-state index in [-0.39, 0.29) is 10.6 Å². The second-order valence-electron chi connectivity index (χ2n) is 3.97. The van der Waals surface area contributed by atoms with E-state index in [9.17, 15) is 4.79 Å². The standard InChI is InChI=1S/C13H14ClN3O2/c1-17-13(18)12(14)10(8-16-17)15-7-9-5-3-4-6-11(9)19-2/h3-6,8,15H,7H2,1-2H3. The smallest absolute Gasteiger partial charge is 0.287 e. The van der Waals surface area contributed by atoms with Gasteiger partial charge >= 0.3 is 0 Å². The van der Waals surface area contributed by atoms with Gasteiger partial charge in [0.1, 0.15) is 10.8 Å². The minimum Gasteiger partial charge on any atom is -0.496 e. The summed E-state index contributed by atoms with van der Waals surface area (Å²) in [6.07, 6.45) is 1.53. The number of benzene rings is 1. The van der Waals surface area contributed by atoms with Gasteiger partial charge in [0.15, 0.2) is 0 Å². The molecule has 1 aromatic heterocycles. The first kappa shape index (κ1) is 13.4. The fourth-order valence-electron chi connectivity index (χ4n) is 1.67. The van der Waals surface area contributed by atoms with Crippen LogP contribution in [0.1, 0.15) is 5.56 Å². The zero-order chi connectivity index (χ0) is 13.8. The number of nitrogens with one attached hydrogen (secondary N) is 1. The Morgan fingerprint density at radius 1 is 1.42 bits per heavy atom. The quantitative estimate of drug-likeness (QED) is 0.931. The molecular formula is C13H14ClN3O2. The Balaban J connectivity index is 2.19. The van der Waals surface area contributed by atoms with Crippen LogP contribution in [0.5, 0.6) is 5.75 Å². The van der Waals surface area contributed by atoms with Crippen molar-refractivity contribution in [2.75, 3.05) is 12.4 Å². The van der Waals surface area contributed by atoms with Crippen molar-refractivity contribution in [2.45, 2.75) is 6.54 Å². The van der Waals surface area contributed by atoms with Crippen molar-refractivity contribution in [2.24, 2.45) is 7.05 Å². The number of hydrogen-bond donors (Lipinski definition) is 1. The molecular weight excluding hydrogens is 266 g/mol. The summed E-state index contributed by atoms with van der Waals surface area (Å²) in [4.78, 5) is 11.6. The van der Waals surface area contributed by atoms with Crippen LogP contribution in [0.4, 0.5) is 5.69 Å². The van der Waals surface area contributed by atoms with E-state index in [1.54, 1.807) is 14.2 Å². The predicted molar refractivity (Wildman–Crippen MR) is 74.8 cm³/mol. The van der Waals surface area contributed by atoms with Crippen LogP contribution in [0.3, 0.4) is 0 Å². The third kappa shape index (κ3) is 2.88. The van der Waals surface area contributed by atoms with Gasteiger partial charge in [-0.05, 0) is 6.07 Å². The lowest BCUT2D eigenvalue weighted by molar-refractivity contribution is 0.410. The number of aryl methyl sites for hydroxylation is 1. The van der Waals surface area contributed by atoms with Crippen LogP contribution < -0.4 is 15.6 Å². The summed E-state index contributed by atoms with van der Waals surface area (Å²) in [6, 6.07) is 7.63. The van der Waals surface area contributed by atoms with Crippen molar-refractivity contribution in [3.05, 3.63) is 51.4 Å². The summed E-state index contributed by atoms with van der Waals surface area (Å²) in [6.45, 7) is 0.499. The van der Waals surface area contributed by atoms with E-state index in [4.69, 9.17) is 16.3 Å². The van der Waals surface area contributed by atoms with Gasteiger partial charge in [-0.15, -0.1) is 0 Å². The number of nitrogens with zero attached hydrogens (tertiary/aromatic N) is 2. The Hall–Kier alpha value is -2.01. The molecule has 0 atom stereocenters. The molecule has 19 heavy (non-hydrogen) atoms. The number of aromatic nitrogens is 2. The Morgan fingerprint density at radius 3 is 2.89 bits per heavy atom. The van der Waals surface area contributed by atoms with E-state index in [2.05, 4.69) is 10.4 Å². The lowest BCUT2D eigenvalue weighted by Crippen LogP contribution is -2.21. The van der Waals surface area contributed by atoms with Crippen molar-refractivity contribution in [3.8, 4) is 5.75 Å². The normalized spacial score (nSPS) is 10.3. The summed E-state index contributed by atoms with van der Waals surface area (Å²) in [5, 5.41) is 7.14. The van der Waals surface area contributed by atoms with E-state index in [1.807, 2.05) is 24.3 Å². The Kier molecular flexibility index (Phi) is 4.06. The molecule has 0 spiro atoms. The zero-order valence-corrected chi connectivity index (χ0v) is 11.4. The lowest BCUT2D eigenvalue weighted by Gasteiger charge is -2.11. The number of para-hydroxylation sites is 1. The minimum absolute atomic E-state index is 0.132. The molecule has 5 nitrogen and oxygen atoms in total. The van der Waals surface area contributed by atoms with Crippen molar-refractivity contribution in [3.63, 3.8) is 0 Å². The Bertz CT molecular complexity index is 640. The van der Waals surface area contributed by atoms with E-state index >= 15 is 0 Å². The number of anilines is 1. The monoisotopic (exact) mass is 279 g/mol. The van der Waals surface area contributed by atoms with Gasteiger partial charge in [0.25, 0.3) is 5.56 Å². The molecule has 0 bridgehead atoms. The minimum atomic E-state index is -0.327. The van der Waals surface area contributed by atoms with Crippen LogP contribution in [0.25, 0.3) is 0 Å². The van der Waals surface area contributed by atoms with Crippen molar-refractivity contribution in [1.29, 1.82) is 0 Å². The molecule has 0 fully saturated rings. The summed E-state index contributed by atoms with van der Waals surface area (Å²) in [7, 11) is 3.17. The molecule has 0 aliphatic heterocycles. The molecule has 6 heteroatoms. The summed E-state index contributed by atoms with van der Waals surface area (Å²) >= 11 is 5.97. The van der Waals surface area contributed by atoms with Crippen LogP contribution in [0.15, 0.2) is 35.3 Å². The molecule has 2 rings (SSSR count). The van der Waals surface area contributed by atoms with E-state index in [0.29, 0.717) is 12.2 Å². The number of ether oxygens (including phenoxy) is 1. The highest BCUT2D eigenvalue weighted by Crippen LogP contribution is 2.20. The molecule has 2 aromatic rings. The summed E-state index contributed by atoms with van der Waals surface area (Å²) in [5.41, 5.74) is 1.16. The number of methoxy groups -OCH3 is 1. The fourth-order valence-corrected chi connectivity index (χ4v) is 1.91. The molecule has 100 valence electrons. The van der Waals surface area contributed by atoms with Crippen LogP contribution in [-0.4, -0.2) is 16.9 Å². The average molecular weight is 280 g/mol. The number of rotatable bonds is 4. The fraction of sp³-hybridized carbons (Fsp3) is 0.231.